The van der Waals surface area contributed by atoms with Crippen LogP contribution in [0, 0.1) is 0 Å². The van der Waals surface area contributed by atoms with Crippen LogP contribution in [0.4, 0.5) is 26.8 Å². The molecule has 0 aliphatic carbocycles. The van der Waals surface area contributed by atoms with Crippen molar-refractivity contribution in [2.75, 3.05) is 184 Å². The van der Waals surface area contributed by atoms with Crippen molar-refractivity contribution in [1.29, 1.82) is 0 Å². The lowest BCUT2D eigenvalue weighted by atomic mass is 10.1. The number of pyridine rings is 3. The summed E-state index contributed by atoms with van der Waals surface area (Å²) in [6.45, 7) is 19.9. The molecule has 14 aromatic rings. The van der Waals surface area contributed by atoms with E-state index in [9.17, 15) is 43.5 Å². The highest BCUT2D eigenvalue weighted by Crippen LogP contribution is 2.42. The molecule has 20 rings (SSSR count). The van der Waals surface area contributed by atoms with Gasteiger partial charge in [-0.25, -0.2) is 34.1 Å². The SMILES string of the molecule is CCOC(=O)c1cn(-c2ccc3nc(N4CCOCC4)sc3c2)c(-c2ccc(Br)c(Cl)c2)cc1=O.CCOC(=O)c1cn(-c2ccc3nc(N4CCOCC4)sc3c2)c(-c2ccc(N3CC[C@@H](OC)C3)c(Cl)c2)cc1=O.CCOC(=O)c1coc(-c2ccc(Br)c(Cl)c2)cc1=O.CO[C@@H]1CCN(c2ccc(-c3cc(=O)c(C(=O)O)cn3-c3ccc4nc(N5CCOCC5)sc4c3)cc2Cl)C1.CO[C@@H]1CCNC1. The lowest BCUT2D eigenvalue weighted by molar-refractivity contribution is 0.0513. The Labute approximate surface area is 865 Å². The zero-order valence-electron chi connectivity index (χ0n) is 78.2. The molecule has 0 unspecified atom stereocenters. The number of nitrogens with one attached hydrogen (secondary N) is 1. The molecule has 0 amide bonds. The van der Waals surface area contributed by atoms with Crippen LogP contribution in [0.25, 0.3) is 92.8 Å². The minimum atomic E-state index is -1.27. The summed E-state index contributed by atoms with van der Waals surface area (Å²) in [7, 11) is 5.20. The highest BCUT2D eigenvalue weighted by atomic mass is 79.9. The van der Waals surface area contributed by atoms with Crippen LogP contribution in [0.1, 0.15) is 81.5 Å². The van der Waals surface area contributed by atoms with E-state index in [0.717, 1.165) is 192 Å². The molecule has 6 aliphatic rings. The number of esters is 3. The number of thiazole rings is 3. The van der Waals surface area contributed by atoms with Crippen LogP contribution in [0.2, 0.25) is 20.1 Å². The van der Waals surface area contributed by atoms with Crippen LogP contribution in [-0.4, -0.2) is 235 Å². The van der Waals surface area contributed by atoms with Gasteiger partial charge in [0.15, 0.2) is 37.1 Å². The molecular formula is C102H100Br2Cl4N12O19S3. The number of ether oxygens (including phenoxy) is 9. The van der Waals surface area contributed by atoms with E-state index in [4.69, 9.17) is 108 Å². The molecule has 0 saturated carbocycles. The summed E-state index contributed by atoms with van der Waals surface area (Å²) < 4.78 is 62.7. The largest absolute Gasteiger partial charge is 0.477 e. The van der Waals surface area contributed by atoms with Crippen LogP contribution in [-0.2, 0) is 42.6 Å². The minimum absolute atomic E-state index is 0.0283. The maximum absolute atomic E-state index is 13.1. The Balaban J connectivity index is 0.000000136. The first-order valence-corrected chi connectivity index (χ1v) is 51.5. The van der Waals surface area contributed by atoms with Gasteiger partial charge in [0, 0.05) is 184 Å². The van der Waals surface area contributed by atoms with Gasteiger partial charge in [-0.1, -0.05) is 105 Å². The first-order chi connectivity index (χ1) is 68.7. The van der Waals surface area contributed by atoms with Crippen LogP contribution in [0.15, 0.2) is 209 Å². The molecule has 142 heavy (non-hydrogen) atoms. The van der Waals surface area contributed by atoms with Gasteiger partial charge in [0.25, 0.3) is 0 Å². The molecule has 13 heterocycles. The fourth-order valence-electron chi connectivity index (χ4n) is 16.8. The van der Waals surface area contributed by atoms with Gasteiger partial charge in [-0.2, -0.15) is 0 Å². The molecule has 6 fully saturated rings. The summed E-state index contributed by atoms with van der Waals surface area (Å²) in [4.78, 5) is 125. The third kappa shape index (κ3) is 24.5. The molecule has 6 saturated heterocycles. The van der Waals surface area contributed by atoms with Crippen molar-refractivity contribution < 1.29 is 71.3 Å². The highest BCUT2D eigenvalue weighted by molar-refractivity contribution is 9.11. The number of rotatable bonds is 22. The van der Waals surface area contributed by atoms with E-state index in [0.29, 0.717) is 99.8 Å². The molecule has 0 radical (unpaired) electrons. The average molecular weight is 2200 g/mol. The van der Waals surface area contributed by atoms with E-state index in [-0.39, 0.29) is 54.3 Å². The molecule has 2 N–H and O–H groups in total. The number of nitrogens with zero attached hydrogens (tertiary/aromatic N) is 11. The molecular weight excluding hydrogens is 2100 g/mol. The predicted octanol–water partition coefficient (Wildman–Crippen LogP) is 19.0. The van der Waals surface area contributed by atoms with Gasteiger partial charge in [0.05, 0.1) is 157 Å². The summed E-state index contributed by atoms with van der Waals surface area (Å²) in [5, 5.41) is 17.9. The van der Waals surface area contributed by atoms with E-state index < -0.39 is 45.6 Å². The Bertz CT molecular complexity index is 7240. The zero-order chi connectivity index (χ0) is 99.9. The standard InChI is InChI=1S/C30H31ClN4O5S.C28H27ClN4O5S.C25H21BrClN3O4S.C14H10BrClO4.C5H11NO/c1-3-40-29(37)22-18-35(20-5-6-24-28(15-20)41-30(32-24)33-10-12-39-13-11-33)26(16-27(22)36)19-4-7-25(23(31)14-19)34-9-8-21(17-34)38-2;1-37-19-6-7-32(15-19)23-5-2-17(12-21(23)29)24-14-25(34)20(27(35)36)16-33(24)18-3-4-22-26(13-18)39-28(30-22)31-8-10-38-11-9-31;1-2-34-24(32)17-14-30(21(13-22(17)31)15-3-5-18(26)19(27)11-15)16-4-6-20-23(12-16)35-25(28-20)29-7-9-33-10-8-29;1-2-19-14(18)9-7-20-13(6-12(9)17)8-3-4-10(15)11(16)5-8;1-7-5-2-3-6-4-5/h4-7,14-16,18,21H,3,8-13,17H2,1-2H3;2-5,12-14,16,19H,6-11,15H2,1H3,(H,35,36);3-6,11-14H,2,7-10H2,1H3;3-7H,2H2,1H3;5-6H,2-4H2,1H3/t21-;19-;;;5-/m11..1/s1. The van der Waals surface area contributed by atoms with Crippen LogP contribution in [0.3, 0.4) is 0 Å². The second-order valence-corrected chi connectivity index (χ2v) is 39.6. The van der Waals surface area contributed by atoms with Gasteiger partial charge < -0.3 is 95.7 Å². The number of aromatic nitrogens is 6. The zero-order valence-corrected chi connectivity index (χ0v) is 86.8. The number of carbonyl (C=O) groups is 4. The van der Waals surface area contributed by atoms with Crippen molar-refractivity contribution >= 4 is 194 Å². The van der Waals surface area contributed by atoms with Crippen molar-refractivity contribution in [2.45, 2.75) is 58.3 Å². The minimum Gasteiger partial charge on any atom is -0.477 e. The second kappa shape index (κ2) is 48.0. The molecule has 0 bridgehead atoms. The number of anilines is 5. The number of benzene rings is 7. The Morgan fingerprint density at radius 1 is 0.415 bits per heavy atom. The van der Waals surface area contributed by atoms with Gasteiger partial charge in [-0.3, -0.25) is 19.2 Å². The maximum Gasteiger partial charge on any atom is 0.345 e. The topological polar surface area (TPSA) is 335 Å². The van der Waals surface area contributed by atoms with Crippen LogP contribution >= 0.6 is 112 Å². The number of morpholine rings is 3. The van der Waals surface area contributed by atoms with Gasteiger partial charge >= 0.3 is 23.9 Å². The van der Waals surface area contributed by atoms with Gasteiger partial charge in [-0.15, -0.1) is 0 Å². The van der Waals surface area contributed by atoms with Crippen molar-refractivity contribution in [3.8, 4) is 62.2 Å². The molecule has 40 heteroatoms. The Morgan fingerprint density at radius 3 is 1.11 bits per heavy atom. The van der Waals surface area contributed by atoms with Crippen molar-refractivity contribution in [3.05, 3.63) is 269 Å². The third-order valence-corrected chi connectivity index (χ3v) is 30.7. The Morgan fingerprint density at radius 2 is 0.768 bits per heavy atom. The van der Waals surface area contributed by atoms with Crippen LogP contribution in [0.5, 0.6) is 0 Å². The molecule has 3 atom stereocenters. The summed E-state index contributed by atoms with van der Waals surface area (Å²) in [6, 6.07) is 45.2. The monoisotopic (exact) mass is 2190 g/mol. The molecule has 7 aromatic carbocycles. The normalized spacial score (nSPS) is 16.3. The number of aromatic carboxylic acids is 1. The van der Waals surface area contributed by atoms with E-state index in [1.165, 1.54) is 43.1 Å². The maximum atomic E-state index is 13.1. The first kappa shape index (κ1) is 104. The number of hydrogen-bond acceptors (Lipinski definition) is 30. The summed E-state index contributed by atoms with van der Waals surface area (Å²) in [5.74, 6) is -2.94. The molecule has 0 spiro atoms. The lowest BCUT2D eigenvalue weighted by Crippen LogP contribution is -2.36. The summed E-state index contributed by atoms with van der Waals surface area (Å²) in [5.41, 5.74) is 9.05. The third-order valence-electron chi connectivity index (χ3n) is 24.4. The number of methoxy groups -OCH3 is 3. The number of halogens is 6. The van der Waals surface area contributed by atoms with Gasteiger partial charge in [-0.05, 0) is 182 Å². The van der Waals surface area contributed by atoms with Crippen molar-refractivity contribution in [1.82, 2.24) is 34.0 Å². The predicted molar refractivity (Wildman–Crippen MR) is 565 cm³/mol. The molecule has 7 aromatic heterocycles. The first-order valence-electron chi connectivity index (χ1n) is 45.9. The molecule has 6 aliphatic heterocycles. The Kier molecular flexibility index (Phi) is 35.0. The smallest absolute Gasteiger partial charge is 0.345 e. The quantitative estimate of drug-likeness (QED) is 0.0470. The van der Waals surface area contributed by atoms with E-state index in [1.807, 2.05) is 112 Å². The highest BCUT2D eigenvalue weighted by Gasteiger charge is 2.30. The van der Waals surface area contributed by atoms with E-state index >= 15 is 0 Å². The average Bonchev–Trinajstić information content (AvgIpc) is 1.41. The van der Waals surface area contributed by atoms with Gasteiger partial charge in [0.2, 0.25) is 0 Å². The molecule has 742 valence electrons. The summed E-state index contributed by atoms with van der Waals surface area (Å²) in [6.07, 6.45) is 9.47. The van der Waals surface area contributed by atoms with Crippen molar-refractivity contribution in [2.24, 2.45) is 0 Å². The Hall–Kier alpha value is -11.3. The fraction of sp³-hybridized carbons (Fsp3) is 0.324. The fourth-order valence-corrected chi connectivity index (χ4v) is 21.4. The number of carbonyl (C=O) groups excluding carboxylic acids is 3. The molecule has 31 nitrogen and oxygen atoms in total. The van der Waals surface area contributed by atoms with E-state index in [2.05, 4.69) is 61.7 Å². The van der Waals surface area contributed by atoms with Crippen LogP contribution < -0.4 is 51.5 Å². The lowest BCUT2D eigenvalue weighted by Gasteiger charge is -2.25. The van der Waals surface area contributed by atoms with E-state index in [1.54, 1.807) is 111 Å². The van der Waals surface area contributed by atoms with Gasteiger partial charge in [0.1, 0.15) is 34.3 Å². The number of carboxylic acids is 1. The number of carboxylic acid groups (broad SMARTS) is 1. The van der Waals surface area contributed by atoms with Crippen molar-refractivity contribution in [3.63, 3.8) is 0 Å². The number of hydrogen-bond donors (Lipinski definition) is 2. The number of fused-ring (bicyclic) bond motifs is 3. The second-order valence-electron chi connectivity index (χ2n) is 33.3. The summed E-state index contributed by atoms with van der Waals surface area (Å²) >= 11 is 37.4.